The van der Waals surface area contributed by atoms with Crippen molar-refractivity contribution in [3.8, 4) is 0 Å². The second-order valence-electron chi connectivity index (χ2n) is 6.12. The predicted octanol–water partition coefficient (Wildman–Crippen LogP) is 0.919. The fourth-order valence-corrected chi connectivity index (χ4v) is 2.99. The number of aryl methyl sites for hydroxylation is 3. The van der Waals surface area contributed by atoms with Crippen LogP contribution >= 0.6 is 0 Å². The molecule has 3 N–H and O–H groups in total. The lowest BCUT2D eigenvalue weighted by Gasteiger charge is -2.15. The van der Waals surface area contributed by atoms with E-state index in [-0.39, 0.29) is 18.1 Å². The first-order valence-corrected chi connectivity index (χ1v) is 8.16. The fourth-order valence-electron chi connectivity index (χ4n) is 2.99. The molecule has 3 rings (SSSR count). The van der Waals surface area contributed by atoms with Crippen LogP contribution in [0.25, 0.3) is 0 Å². The van der Waals surface area contributed by atoms with Crippen LogP contribution in [0.2, 0.25) is 0 Å². The molecule has 128 valence electrons. The van der Waals surface area contributed by atoms with Crippen molar-refractivity contribution >= 4 is 6.03 Å². The average molecular weight is 330 g/mol. The maximum atomic E-state index is 12.0. The van der Waals surface area contributed by atoms with Gasteiger partial charge in [-0.25, -0.2) is 4.79 Å². The summed E-state index contributed by atoms with van der Waals surface area (Å²) in [5.41, 5.74) is 2.07. The maximum Gasteiger partial charge on any atom is 0.315 e. The summed E-state index contributed by atoms with van der Waals surface area (Å²) < 4.78 is 2.07. The van der Waals surface area contributed by atoms with Gasteiger partial charge in [-0.2, -0.15) is 0 Å². The number of nitrogens with one attached hydrogen (secondary N) is 3. The topological polar surface area (TPSA) is 105 Å². The number of urea groups is 1. The zero-order valence-electron chi connectivity index (χ0n) is 14.0. The van der Waals surface area contributed by atoms with E-state index in [9.17, 15) is 9.59 Å². The number of hydrogen-bond acceptors (Lipinski definition) is 4. The van der Waals surface area contributed by atoms with Crippen LogP contribution in [0.5, 0.6) is 0 Å². The van der Waals surface area contributed by atoms with Crippen molar-refractivity contribution in [2.45, 2.75) is 52.7 Å². The summed E-state index contributed by atoms with van der Waals surface area (Å²) in [6, 6.07) is 1.56. The third-order valence-electron chi connectivity index (χ3n) is 4.26. The predicted molar refractivity (Wildman–Crippen MR) is 88.6 cm³/mol. The first-order chi connectivity index (χ1) is 11.5. The number of hydrogen-bond donors (Lipinski definition) is 3. The molecule has 0 radical (unpaired) electrons. The van der Waals surface area contributed by atoms with Crippen molar-refractivity contribution in [3.05, 3.63) is 44.9 Å². The quantitative estimate of drug-likeness (QED) is 0.775. The molecule has 24 heavy (non-hydrogen) atoms. The molecule has 2 aromatic rings. The number of carbonyl (C=O) groups is 1. The number of rotatable bonds is 4. The molecule has 8 nitrogen and oxygen atoms in total. The third-order valence-corrected chi connectivity index (χ3v) is 4.26. The molecule has 0 saturated carbocycles. The lowest BCUT2D eigenvalue weighted by molar-refractivity contribution is 0.239. The Morgan fingerprint density at radius 3 is 2.83 bits per heavy atom. The molecule has 0 atom stereocenters. The van der Waals surface area contributed by atoms with Crippen LogP contribution < -0.4 is 16.2 Å². The highest BCUT2D eigenvalue weighted by Crippen LogP contribution is 2.13. The van der Waals surface area contributed by atoms with Crippen LogP contribution in [-0.4, -0.2) is 25.8 Å². The van der Waals surface area contributed by atoms with Gasteiger partial charge < -0.3 is 20.2 Å². The van der Waals surface area contributed by atoms with Gasteiger partial charge in [0.25, 0.3) is 5.56 Å². The molecule has 2 amide bonds. The van der Waals surface area contributed by atoms with Crippen molar-refractivity contribution in [1.82, 2.24) is 30.4 Å². The third kappa shape index (κ3) is 3.47. The molecule has 0 aromatic carbocycles. The minimum atomic E-state index is -0.331. The van der Waals surface area contributed by atoms with E-state index < -0.39 is 0 Å². The average Bonchev–Trinajstić information content (AvgIpc) is 2.95. The summed E-state index contributed by atoms with van der Waals surface area (Å²) >= 11 is 0. The molecule has 8 heteroatoms. The van der Waals surface area contributed by atoms with Crippen LogP contribution in [0.15, 0.2) is 10.9 Å². The Morgan fingerprint density at radius 2 is 2.04 bits per heavy atom. The number of amides is 2. The summed E-state index contributed by atoms with van der Waals surface area (Å²) in [5, 5.41) is 13.8. The molecule has 1 aliphatic heterocycles. The number of pyridine rings is 1. The monoisotopic (exact) mass is 330 g/mol. The summed E-state index contributed by atoms with van der Waals surface area (Å²) in [6.07, 6.45) is 3.19. The van der Waals surface area contributed by atoms with Gasteiger partial charge in [0, 0.05) is 24.2 Å². The molecule has 0 spiro atoms. The smallest absolute Gasteiger partial charge is 0.315 e. The maximum absolute atomic E-state index is 12.0. The number of carbonyl (C=O) groups excluding carboxylic acids is 1. The van der Waals surface area contributed by atoms with Gasteiger partial charge in [-0.05, 0) is 38.3 Å². The molecule has 2 aromatic heterocycles. The van der Waals surface area contributed by atoms with Gasteiger partial charge in [0.1, 0.15) is 5.82 Å². The van der Waals surface area contributed by atoms with Crippen LogP contribution in [0.4, 0.5) is 4.79 Å². The molecule has 0 unspecified atom stereocenters. The highest BCUT2D eigenvalue weighted by molar-refractivity contribution is 5.73. The SMILES string of the molecule is Cc1cc(C)c(CNC(=O)NCc2nnc3n2CCCC3)c(=O)[nH]1. The van der Waals surface area contributed by atoms with Gasteiger partial charge in [-0.1, -0.05) is 0 Å². The summed E-state index contributed by atoms with van der Waals surface area (Å²) in [7, 11) is 0. The van der Waals surface area contributed by atoms with Crippen LogP contribution in [0, 0.1) is 13.8 Å². The van der Waals surface area contributed by atoms with Gasteiger partial charge in [0.05, 0.1) is 13.1 Å². The lowest BCUT2D eigenvalue weighted by atomic mass is 10.1. The Morgan fingerprint density at radius 1 is 1.25 bits per heavy atom. The standard InChI is InChI=1S/C16H22N6O2/c1-10-7-11(2)19-15(23)12(10)8-17-16(24)18-9-14-21-20-13-5-3-4-6-22(13)14/h7H,3-6,8-9H2,1-2H3,(H,19,23)(H2,17,18,24). The fraction of sp³-hybridized carbons (Fsp3) is 0.500. The van der Waals surface area contributed by atoms with E-state index in [0.29, 0.717) is 12.1 Å². The van der Waals surface area contributed by atoms with Crippen LogP contribution in [-0.2, 0) is 26.1 Å². The van der Waals surface area contributed by atoms with Gasteiger partial charge >= 0.3 is 6.03 Å². The molecule has 0 aliphatic carbocycles. The molecule has 0 bridgehead atoms. The Kier molecular flexibility index (Phi) is 4.64. The van der Waals surface area contributed by atoms with E-state index in [4.69, 9.17) is 0 Å². The summed E-state index contributed by atoms with van der Waals surface area (Å²) in [5.74, 6) is 1.75. The molecular formula is C16H22N6O2. The minimum Gasteiger partial charge on any atom is -0.334 e. The van der Waals surface area contributed by atoms with Crippen molar-refractivity contribution in [2.24, 2.45) is 0 Å². The van der Waals surface area contributed by atoms with E-state index in [2.05, 4.69) is 30.4 Å². The largest absolute Gasteiger partial charge is 0.334 e. The number of aromatic nitrogens is 4. The van der Waals surface area contributed by atoms with Gasteiger partial charge in [-0.15, -0.1) is 10.2 Å². The Labute approximate surface area is 139 Å². The van der Waals surface area contributed by atoms with Crippen molar-refractivity contribution < 1.29 is 4.79 Å². The van der Waals surface area contributed by atoms with Gasteiger partial charge in [0.2, 0.25) is 0 Å². The number of nitrogens with zero attached hydrogens (tertiary/aromatic N) is 3. The van der Waals surface area contributed by atoms with Crippen molar-refractivity contribution in [3.63, 3.8) is 0 Å². The second kappa shape index (κ2) is 6.86. The number of H-pyrrole nitrogens is 1. The highest BCUT2D eigenvalue weighted by Gasteiger charge is 2.16. The first-order valence-electron chi connectivity index (χ1n) is 8.16. The van der Waals surface area contributed by atoms with Crippen molar-refractivity contribution in [1.29, 1.82) is 0 Å². The minimum absolute atomic E-state index is 0.167. The van der Waals surface area contributed by atoms with Gasteiger partial charge in [-0.3, -0.25) is 4.79 Å². The molecule has 0 saturated heterocycles. The first kappa shape index (κ1) is 16.2. The van der Waals surface area contributed by atoms with E-state index in [0.717, 1.165) is 48.7 Å². The zero-order valence-corrected chi connectivity index (χ0v) is 14.0. The van der Waals surface area contributed by atoms with Gasteiger partial charge in [0.15, 0.2) is 5.82 Å². The Hall–Kier alpha value is -2.64. The zero-order chi connectivity index (χ0) is 17.1. The number of aromatic amines is 1. The van der Waals surface area contributed by atoms with Crippen LogP contribution in [0.3, 0.4) is 0 Å². The molecular weight excluding hydrogens is 308 g/mol. The highest BCUT2D eigenvalue weighted by atomic mass is 16.2. The lowest BCUT2D eigenvalue weighted by Crippen LogP contribution is -2.37. The Bertz CT molecular complexity index is 807. The van der Waals surface area contributed by atoms with E-state index in [1.54, 1.807) is 0 Å². The molecule has 0 fully saturated rings. The Balaban J connectivity index is 1.55. The second-order valence-corrected chi connectivity index (χ2v) is 6.12. The van der Waals surface area contributed by atoms with E-state index in [1.807, 2.05) is 19.9 Å². The van der Waals surface area contributed by atoms with Crippen molar-refractivity contribution in [2.75, 3.05) is 0 Å². The summed E-state index contributed by atoms with van der Waals surface area (Å²) in [4.78, 5) is 26.6. The molecule has 1 aliphatic rings. The normalized spacial score (nSPS) is 13.4. The van der Waals surface area contributed by atoms with E-state index in [1.165, 1.54) is 0 Å². The molecule has 3 heterocycles. The number of fused-ring (bicyclic) bond motifs is 1. The summed E-state index contributed by atoms with van der Waals surface area (Å²) in [6.45, 7) is 5.10. The van der Waals surface area contributed by atoms with Crippen LogP contribution in [0.1, 0.15) is 41.3 Å². The van der Waals surface area contributed by atoms with E-state index >= 15 is 0 Å².